The third-order valence-corrected chi connectivity index (χ3v) is 3.41. The van der Waals surface area contributed by atoms with Crippen LogP contribution in [0.5, 0.6) is 0 Å². The van der Waals surface area contributed by atoms with Gasteiger partial charge in [-0.3, -0.25) is 25.1 Å². The Labute approximate surface area is 115 Å². The molecule has 1 heterocycles. The number of hydrogen-bond acceptors (Lipinski definition) is 6. The number of nitrogens with two attached hydrogens (primary N) is 1. The van der Waals surface area contributed by atoms with E-state index in [0.717, 1.165) is 25.5 Å². The molecule has 108 valence electrons. The number of rotatable bonds is 4. The Morgan fingerprint density at radius 2 is 2.05 bits per heavy atom. The summed E-state index contributed by atoms with van der Waals surface area (Å²) in [6, 6.07) is 3.85. The van der Waals surface area contributed by atoms with Gasteiger partial charge in [0.15, 0.2) is 0 Å². The van der Waals surface area contributed by atoms with Gasteiger partial charge in [-0.15, -0.1) is 0 Å². The van der Waals surface area contributed by atoms with Crippen molar-refractivity contribution in [2.45, 2.75) is 25.4 Å². The fourth-order valence-corrected chi connectivity index (χ4v) is 2.45. The first-order valence-corrected chi connectivity index (χ1v) is 6.37. The Morgan fingerprint density at radius 3 is 2.65 bits per heavy atom. The number of nitro benzene ring substituents is 2. The average Bonchev–Trinajstić information content (AvgIpc) is 2.38. The van der Waals surface area contributed by atoms with E-state index in [1.165, 1.54) is 12.1 Å². The summed E-state index contributed by atoms with van der Waals surface area (Å²) in [5.41, 5.74) is 5.88. The van der Waals surface area contributed by atoms with Crippen molar-refractivity contribution in [1.29, 1.82) is 0 Å². The van der Waals surface area contributed by atoms with Gasteiger partial charge in [0, 0.05) is 30.8 Å². The highest BCUT2D eigenvalue weighted by Crippen LogP contribution is 2.26. The predicted molar refractivity (Wildman–Crippen MR) is 72.2 cm³/mol. The van der Waals surface area contributed by atoms with Gasteiger partial charge in [0.2, 0.25) is 0 Å². The summed E-state index contributed by atoms with van der Waals surface area (Å²) in [4.78, 5) is 22.6. The standard InChI is InChI=1S/C12H16N4O4/c13-10-2-1-5-14(8-10)7-9-3-4-11(15(17)18)6-12(9)16(19)20/h3-4,6,10H,1-2,5,7-8,13H2/t10-/m1/s1. The van der Waals surface area contributed by atoms with Crippen molar-refractivity contribution < 1.29 is 9.85 Å². The maximum absolute atomic E-state index is 11.0. The number of non-ortho nitro benzene ring substituents is 1. The molecule has 8 nitrogen and oxygen atoms in total. The fourth-order valence-electron chi connectivity index (χ4n) is 2.45. The van der Waals surface area contributed by atoms with Gasteiger partial charge in [0.1, 0.15) is 0 Å². The fraction of sp³-hybridized carbons (Fsp3) is 0.500. The summed E-state index contributed by atoms with van der Waals surface area (Å²) in [5.74, 6) is 0. The Kier molecular flexibility index (Phi) is 4.26. The van der Waals surface area contributed by atoms with Crippen molar-refractivity contribution in [2.24, 2.45) is 5.73 Å². The van der Waals surface area contributed by atoms with Gasteiger partial charge >= 0.3 is 0 Å². The van der Waals surface area contributed by atoms with Crippen LogP contribution in [-0.4, -0.2) is 33.9 Å². The molecule has 0 unspecified atom stereocenters. The van der Waals surface area contributed by atoms with Crippen LogP contribution in [0.2, 0.25) is 0 Å². The molecular weight excluding hydrogens is 264 g/mol. The molecule has 2 N–H and O–H groups in total. The number of benzene rings is 1. The summed E-state index contributed by atoms with van der Waals surface area (Å²) < 4.78 is 0. The first kappa shape index (κ1) is 14.4. The molecule has 1 fully saturated rings. The minimum atomic E-state index is -0.631. The van der Waals surface area contributed by atoms with Crippen LogP contribution in [0, 0.1) is 20.2 Å². The van der Waals surface area contributed by atoms with Crippen LogP contribution in [0.15, 0.2) is 18.2 Å². The largest absolute Gasteiger partial charge is 0.327 e. The molecule has 20 heavy (non-hydrogen) atoms. The minimum Gasteiger partial charge on any atom is -0.327 e. The number of likely N-dealkylation sites (tertiary alicyclic amines) is 1. The van der Waals surface area contributed by atoms with Crippen molar-refractivity contribution in [1.82, 2.24) is 4.90 Å². The van der Waals surface area contributed by atoms with E-state index in [1.807, 2.05) is 4.90 Å². The van der Waals surface area contributed by atoms with E-state index in [1.54, 1.807) is 0 Å². The first-order chi connectivity index (χ1) is 9.47. The van der Waals surface area contributed by atoms with Crippen LogP contribution >= 0.6 is 0 Å². The average molecular weight is 280 g/mol. The zero-order chi connectivity index (χ0) is 14.7. The summed E-state index contributed by atoms with van der Waals surface area (Å²) in [5, 5.41) is 21.7. The summed E-state index contributed by atoms with van der Waals surface area (Å²) in [6.07, 6.45) is 1.92. The molecule has 1 aliphatic rings. The zero-order valence-electron chi connectivity index (χ0n) is 10.9. The van der Waals surface area contributed by atoms with Gasteiger partial charge in [-0.25, -0.2) is 0 Å². The molecular formula is C12H16N4O4. The summed E-state index contributed by atoms with van der Waals surface area (Å²) in [6.45, 7) is 1.91. The van der Waals surface area contributed by atoms with E-state index >= 15 is 0 Å². The van der Waals surface area contributed by atoms with Crippen LogP contribution < -0.4 is 5.73 Å². The lowest BCUT2D eigenvalue weighted by Gasteiger charge is -2.30. The van der Waals surface area contributed by atoms with E-state index in [4.69, 9.17) is 5.73 Å². The van der Waals surface area contributed by atoms with E-state index in [-0.39, 0.29) is 17.4 Å². The highest BCUT2D eigenvalue weighted by atomic mass is 16.6. The maximum Gasteiger partial charge on any atom is 0.280 e. The third-order valence-electron chi connectivity index (χ3n) is 3.41. The lowest BCUT2D eigenvalue weighted by atomic mass is 10.0. The molecule has 0 bridgehead atoms. The van der Waals surface area contributed by atoms with E-state index < -0.39 is 9.85 Å². The van der Waals surface area contributed by atoms with Gasteiger partial charge in [-0.2, -0.15) is 0 Å². The molecule has 0 radical (unpaired) electrons. The molecule has 0 spiro atoms. The van der Waals surface area contributed by atoms with Crippen LogP contribution in [0.3, 0.4) is 0 Å². The lowest BCUT2D eigenvalue weighted by molar-refractivity contribution is -0.394. The van der Waals surface area contributed by atoms with Crippen molar-refractivity contribution in [3.63, 3.8) is 0 Å². The Hall–Kier alpha value is -2.06. The Balaban J connectivity index is 2.22. The monoisotopic (exact) mass is 280 g/mol. The summed E-state index contributed by atoms with van der Waals surface area (Å²) >= 11 is 0. The number of hydrogen-bond donors (Lipinski definition) is 1. The van der Waals surface area contributed by atoms with Gasteiger partial charge in [-0.05, 0) is 25.5 Å². The molecule has 1 aromatic carbocycles. The Morgan fingerprint density at radius 1 is 1.30 bits per heavy atom. The van der Waals surface area contributed by atoms with Crippen LogP contribution in [0.1, 0.15) is 18.4 Å². The molecule has 2 rings (SSSR count). The van der Waals surface area contributed by atoms with E-state index in [0.29, 0.717) is 18.7 Å². The van der Waals surface area contributed by atoms with Crippen LogP contribution in [-0.2, 0) is 6.54 Å². The van der Waals surface area contributed by atoms with Crippen molar-refractivity contribution in [3.8, 4) is 0 Å². The molecule has 1 saturated heterocycles. The zero-order valence-corrected chi connectivity index (χ0v) is 10.9. The van der Waals surface area contributed by atoms with Crippen LogP contribution in [0.25, 0.3) is 0 Å². The van der Waals surface area contributed by atoms with Gasteiger partial charge < -0.3 is 5.73 Å². The smallest absolute Gasteiger partial charge is 0.280 e. The second-order valence-electron chi connectivity index (χ2n) is 4.96. The van der Waals surface area contributed by atoms with Crippen LogP contribution in [0.4, 0.5) is 11.4 Å². The molecule has 0 saturated carbocycles. The molecule has 1 atom stereocenters. The third kappa shape index (κ3) is 3.28. The molecule has 0 aromatic heterocycles. The van der Waals surface area contributed by atoms with Gasteiger partial charge in [0.05, 0.1) is 15.9 Å². The Bertz CT molecular complexity index is 534. The van der Waals surface area contributed by atoms with Gasteiger partial charge in [0.25, 0.3) is 11.4 Å². The topological polar surface area (TPSA) is 116 Å². The normalized spacial score (nSPS) is 19.8. The second-order valence-corrected chi connectivity index (χ2v) is 4.96. The lowest BCUT2D eigenvalue weighted by Crippen LogP contribution is -2.42. The maximum atomic E-state index is 11.0. The quantitative estimate of drug-likeness (QED) is 0.658. The van der Waals surface area contributed by atoms with E-state index in [2.05, 4.69) is 0 Å². The molecule has 0 amide bonds. The highest BCUT2D eigenvalue weighted by Gasteiger charge is 2.23. The number of nitrogens with zero attached hydrogens (tertiary/aromatic N) is 3. The highest BCUT2D eigenvalue weighted by molar-refractivity contribution is 5.49. The SMILES string of the molecule is N[C@@H]1CCCN(Cc2ccc([N+](=O)[O-])cc2[N+](=O)[O-])C1. The second kappa shape index (κ2) is 5.93. The minimum absolute atomic E-state index is 0.0841. The van der Waals surface area contributed by atoms with Crippen molar-refractivity contribution in [3.05, 3.63) is 44.0 Å². The van der Waals surface area contributed by atoms with Gasteiger partial charge in [-0.1, -0.05) is 0 Å². The number of nitro groups is 2. The van der Waals surface area contributed by atoms with Crippen molar-refractivity contribution >= 4 is 11.4 Å². The first-order valence-electron chi connectivity index (χ1n) is 6.37. The van der Waals surface area contributed by atoms with Crippen molar-refractivity contribution in [2.75, 3.05) is 13.1 Å². The molecule has 0 aliphatic carbocycles. The molecule has 1 aromatic rings. The molecule has 1 aliphatic heterocycles. The number of piperidine rings is 1. The molecule has 8 heteroatoms. The summed E-state index contributed by atoms with van der Waals surface area (Å²) in [7, 11) is 0. The van der Waals surface area contributed by atoms with E-state index in [9.17, 15) is 20.2 Å². The predicted octanol–water partition coefficient (Wildman–Crippen LogP) is 1.43.